The number of hydrogen-bond acceptors (Lipinski definition) is 30. The summed E-state index contributed by atoms with van der Waals surface area (Å²) in [5, 5.41) is 16.6. The Labute approximate surface area is 809 Å². The second-order valence-corrected chi connectivity index (χ2v) is 37.5. The molecule has 0 aliphatic carbocycles. The van der Waals surface area contributed by atoms with Crippen molar-refractivity contribution < 1.29 is 91.0 Å². The van der Waals surface area contributed by atoms with Crippen molar-refractivity contribution in [3.05, 3.63) is 0 Å². The van der Waals surface area contributed by atoms with Gasteiger partial charge in [-0.25, -0.2) is 0 Å². The summed E-state index contributed by atoms with van der Waals surface area (Å²) in [5.41, 5.74) is 0. The maximum absolute atomic E-state index is 11.8. The molecular weight excluding hydrogens is 1740 g/mol. The molecule has 7 aliphatic heterocycles. The van der Waals surface area contributed by atoms with Crippen molar-refractivity contribution in [2.24, 2.45) is 11.8 Å². The molecule has 0 aromatic heterocycles. The van der Waals surface area contributed by atoms with E-state index in [1.807, 2.05) is 85.2 Å². The summed E-state index contributed by atoms with van der Waals surface area (Å²) in [7, 11) is 25.3. The Kier molecular flexibility index (Phi) is 78.3. The molecule has 3 unspecified atom stereocenters. The first-order valence-electron chi connectivity index (χ1n) is 48.4. The molecule has 0 aromatic rings. The average molecular weight is 1920 g/mol. The molecule has 3 atom stereocenters. The Balaban J connectivity index is -0.00000145. The Bertz CT molecular complexity index is 3430. The van der Waals surface area contributed by atoms with Crippen molar-refractivity contribution in [1.29, 1.82) is 0 Å². The van der Waals surface area contributed by atoms with Crippen molar-refractivity contribution in [3.8, 4) is 0 Å². The Morgan fingerprint density at radius 2 is 0.652 bits per heavy atom. The fourth-order valence-corrected chi connectivity index (χ4v) is 14.2. The number of likely N-dealkylation sites (tertiary alicyclic amines) is 4. The lowest BCUT2D eigenvalue weighted by Gasteiger charge is -2.47. The van der Waals surface area contributed by atoms with E-state index in [-0.39, 0.29) is 163 Å². The molecule has 2 bridgehead atoms. The fraction of sp³-hybridized carbons (Fsp3) is 0.812. The van der Waals surface area contributed by atoms with E-state index < -0.39 is 0 Å². The second-order valence-electron chi connectivity index (χ2n) is 37.5. The van der Waals surface area contributed by atoms with Crippen LogP contribution in [0.15, 0.2) is 0 Å². The minimum atomic E-state index is -0.175. The van der Waals surface area contributed by atoms with Crippen LogP contribution < -0.4 is 31.9 Å². The van der Waals surface area contributed by atoms with Crippen LogP contribution in [0, 0.1) is 11.8 Å². The summed E-state index contributed by atoms with van der Waals surface area (Å²) in [6, 6.07) is 0.579. The van der Waals surface area contributed by atoms with Gasteiger partial charge >= 0.3 is 0 Å². The van der Waals surface area contributed by atoms with E-state index in [1.165, 1.54) is 112 Å². The van der Waals surface area contributed by atoms with E-state index in [9.17, 15) is 86.3 Å². The Morgan fingerprint density at radius 3 is 1.01 bits per heavy atom. The monoisotopic (exact) mass is 1920 g/mol. The van der Waals surface area contributed by atoms with E-state index in [4.69, 9.17) is 4.74 Å². The van der Waals surface area contributed by atoms with Crippen LogP contribution >= 0.6 is 0 Å². The smallest absolute Gasteiger partial charge is 0.230 e. The predicted octanol–water partition coefficient (Wildman–Crippen LogP) is 1.00. The number of rotatable bonds is 52. The first-order chi connectivity index (χ1) is 63.4. The standard InChI is InChI=1S/C12H21N3O2.C12H25N3O2.C11H22N2O3.2C11H20N2O2.2C10H18N2O2.C10H20N2O2.C9H18N2O2/c1-10(16)8-12(17)13-3-2-11-9-14-4-6-15(11)7-5-14;1-11(16)10-12(17)15(8-6-13(2)3)9-7-14(4)5;1-10(14)9-11(15)13(4)6-8-16-7-5-12(2)3;1-10(14)9-11(15)12-5-8-13-6-3-2-4-7-13;1-3-13-5-4-10(8-13)7-12-11(15)6-9(2)14;1-8(13)5-10(14)11-6-9-3-4-12(2)7-9;1-9(13)8-10(14)11-4-7-12-5-2-3-6-12;1-9(13)8-10(14)12(4)7-5-6-11(2)3;1-8(12)7-9(13)10-5-4-6-11(2)3/h11H,2-9H2,1H3,(H,13,17);6-10H2,1-5H3;5-9H2,1-4H3;2-9H2,1H3,(H,12,15);10H,3-8H2,1-2H3,(H,12,15);9H,3-7H2,1-2H3,(H,11,14);2-8H2,1H3,(H,11,14);5-8H2,1-4H3;4-7H2,1-3H3,(H,10,13). The molecular formula is C96H182N20O19. The van der Waals surface area contributed by atoms with Gasteiger partial charge in [-0.2, -0.15) is 0 Å². The number of nitrogens with one attached hydrogen (secondary N) is 6. The van der Waals surface area contributed by atoms with Gasteiger partial charge in [0.15, 0.2) is 0 Å². The zero-order valence-electron chi connectivity index (χ0n) is 87.5. The zero-order chi connectivity index (χ0) is 103. The van der Waals surface area contributed by atoms with Crippen LogP contribution in [0.2, 0.25) is 0 Å². The van der Waals surface area contributed by atoms with Crippen molar-refractivity contribution in [2.75, 3.05) is 308 Å². The molecule has 7 aliphatic rings. The summed E-state index contributed by atoms with van der Waals surface area (Å²) in [5.74, 6) is -0.846. The topological polar surface area (TPSA) is 434 Å². The van der Waals surface area contributed by atoms with Gasteiger partial charge in [0.2, 0.25) is 53.2 Å². The second kappa shape index (κ2) is 80.7. The molecule has 6 N–H and O–H groups in total. The van der Waals surface area contributed by atoms with E-state index in [2.05, 4.69) is 85.1 Å². The first kappa shape index (κ1) is 131. The van der Waals surface area contributed by atoms with Crippen molar-refractivity contribution in [2.45, 2.75) is 197 Å². The highest BCUT2D eigenvalue weighted by atomic mass is 16.5. The van der Waals surface area contributed by atoms with Gasteiger partial charge in [0.25, 0.3) is 0 Å². The van der Waals surface area contributed by atoms with Gasteiger partial charge < -0.3 is 95.4 Å². The Morgan fingerprint density at radius 1 is 0.311 bits per heavy atom. The van der Waals surface area contributed by atoms with Gasteiger partial charge in [-0.05, 0) is 268 Å². The average Bonchev–Trinajstić information content (AvgIpc) is 1.82. The predicted molar refractivity (Wildman–Crippen MR) is 529 cm³/mol. The van der Waals surface area contributed by atoms with E-state index in [1.54, 1.807) is 23.9 Å². The van der Waals surface area contributed by atoms with Gasteiger partial charge in [0.05, 0.1) is 71.0 Å². The highest BCUT2D eigenvalue weighted by molar-refractivity contribution is 6.00. The highest BCUT2D eigenvalue weighted by Gasteiger charge is 2.32. The van der Waals surface area contributed by atoms with Crippen molar-refractivity contribution in [3.63, 3.8) is 0 Å². The molecule has 0 saturated carbocycles. The van der Waals surface area contributed by atoms with Crippen LogP contribution in [0.1, 0.15) is 191 Å². The zero-order valence-corrected chi connectivity index (χ0v) is 87.5. The van der Waals surface area contributed by atoms with Gasteiger partial charge in [-0.3, -0.25) is 96.1 Å². The highest BCUT2D eigenvalue weighted by Crippen LogP contribution is 2.19. The summed E-state index contributed by atoms with van der Waals surface area (Å²) < 4.78 is 5.35. The van der Waals surface area contributed by atoms with E-state index >= 15 is 0 Å². The number of piperidine rings is 1. The quantitative estimate of drug-likeness (QED) is 0.0365. The molecule has 7 heterocycles. The number of carbonyl (C=O) groups excluding carboxylic acids is 18. The number of likely N-dealkylation sites (N-methyl/N-ethyl adjacent to an activating group) is 4. The molecule has 7 fully saturated rings. The molecule has 39 nitrogen and oxygen atoms in total. The first-order valence-corrected chi connectivity index (χ1v) is 48.4. The van der Waals surface area contributed by atoms with Crippen LogP contribution in [0.4, 0.5) is 0 Å². The van der Waals surface area contributed by atoms with Gasteiger partial charge in [0, 0.05) is 164 Å². The minimum Gasteiger partial charge on any atom is -0.378 e. The van der Waals surface area contributed by atoms with Crippen LogP contribution in [0.25, 0.3) is 0 Å². The molecule has 0 spiro atoms. The third-order valence-electron chi connectivity index (χ3n) is 21.8. The lowest BCUT2D eigenvalue weighted by atomic mass is 10.0. The van der Waals surface area contributed by atoms with Gasteiger partial charge in [-0.15, -0.1) is 0 Å². The van der Waals surface area contributed by atoms with Crippen molar-refractivity contribution >= 4 is 105 Å². The van der Waals surface area contributed by atoms with Crippen LogP contribution in [-0.4, -0.2) is 488 Å². The summed E-state index contributed by atoms with van der Waals surface area (Å²) >= 11 is 0. The van der Waals surface area contributed by atoms with Crippen LogP contribution in [0.3, 0.4) is 0 Å². The molecule has 9 amide bonds. The molecule has 780 valence electrons. The number of nitrogens with zero attached hydrogens (tertiary/aromatic N) is 14. The largest absolute Gasteiger partial charge is 0.378 e. The summed E-state index contributed by atoms with van der Waals surface area (Å²) in [4.78, 5) is 227. The third kappa shape index (κ3) is 83.7. The molecule has 0 aromatic carbocycles. The molecule has 0 radical (unpaired) electrons. The summed E-state index contributed by atoms with van der Waals surface area (Å²) in [6.45, 7) is 44.9. The molecule has 7 saturated heterocycles. The van der Waals surface area contributed by atoms with Crippen LogP contribution in [-0.2, 0) is 91.0 Å². The number of fused-ring (bicyclic) bond motifs is 3. The number of ether oxygens (including phenoxy) is 1. The third-order valence-corrected chi connectivity index (χ3v) is 21.8. The maximum atomic E-state index is 11.8. The Hall–Kier alpha value is -8.22. The number of carbonyl (C=O) groups is 18. The number of Topliss-reactive ketones (excluding diaryl/α,β-unsaturated/α-hetero) is 9. The fourth-order valence-electron chi connectivity index (χ4n) is 14.2. The lowest BCUT2D eigenvalue weighted by Crippen LogP contribution is -2.61. The normalized spacial score (nSPS) is 17.0. The van der Waals surface area contributed by atoms with Gasteiger partial charge in [0.1, 0.15) is 52.0 Å². The van der Waals surface area contributed by atoms with Crippen LogP contribution in [0.5, 0.6) is 0 Å². The number of ketones is 9. The number of piperazine rings is 3. The molecule has 135 heavy (non-hydrogen) atoms. The SMILES string of the molecule is CC(=O)CC(=O)N(C)CCCN(C)C.CC(=O)CC(=O)N(C)CCOCCN(C)C.CC(=O)CC(=O)N(CCN(C)C)CCN(C)C.CC(=O)CC(=O)NCC1CCN(C)C1.CC(=O)CC(=O)NCCC1CN2CCN1CC2.CC(=O)CC(=O)NCCCN(C)C.CC(=O)CC(=O)NCCN1CCCC1.CC(=O)CC(=O)NCCN1CCCCC1.CCN1CCC(CNC(=O)CC(C)=O)C1. The summed E-state index contributed by atoms with van der Waals surface area (Å²) in [6.07, 6.45) is 11.6. The van der Waals surface area contributed by atoms with Crippen molar-refractivity contribution in [1.82, 2.24) is 100 Å². The minimum absolute atomic E-state index is 0.00195. The lowest BCUT2D eigenvalue weighted by molar-refractivity contribution is -0.136. The molecule has 39 heteroatoms. The van der Waals surface area contributed by atoms with E-state index in [0.29, 0.717) is 96.5 Å². The maximum Gasteiger partial charge on any atom is 0.230 e. The number of hydrogen-bond donors (Lipinski definition) is 6. The molecule has 7 rings (SSSR count). The van der Waals surface area contributed by atoms with Gasteiger partial charge in [-0.1, -0.05) is 13.3 Å². The number of amides is 9. The van der Waals surface area contributed by atoms with E-state index in [0.717, 1.165) is 156 Å².